The molecule has 3 aromatic rings. The van der Waals surface area contributed by atoms with E-state index in [9.17, 15) is 15.8 Å². The van der Waals surface area contributed by atoms with Crippen molar-refractivity contribution in [1.29, 1.82) is 15.8 Å². The van der Waals surface area contributed by atoms with Gasteiger partial charge in [-0.15, -0.1) is 0 Å². The van der Waals surface area contributed by atoms with Crippen LogP contribution in [0.2, 0.25) is 0 Å². The Morgan fingerprint density at radius 3 is 0.807 bits per heavy atom. The van der Waals surface area contributed by atoms with Gasteiger partial charge in [-0.3, -0.25) is 0 Å². The molecular weight excluding hydrogens is 715 g/mol. The third kappa shape index (κ3) is 13.2. The summed E-state index contributed by atoms with van der Waals surface area (Å²) >= 11 is 0. The maximum absolute atomic E-state index is 9.25. The Morgan fingerprint density at radius 2 is 0.632 bits per heavy atom. The van der Waals surface area contributed by atoms with Crippen LogP contribution in [0.25, 0.3) is 0 Å². The van der Waals surface area contributed by atoms with Crippen LogP contribution < -0.4 is 14.2 Å². The van der Waals surface area contributed by atoms with Gasteiger partial charge in [-0.05, 0) is 88.6 Å². The molecule has 0 aliphatic carbocycles. The normalized spacial score (nSPS) is 14.0. The number of fused-ring (bicyclic) bond motifs is 6. The number of rotatable bonds is 12. The van der Waals surface area contributed by atoms with Crippen LogP contribution in [0.15, 0.2) is 36.4 Å². The fraction of sp³-hybridized carbons (Fsp3) is 0.562. The van der Waals surface area contributed by atoms with Gasteiger partial charge in [-0.25, -0.2) is 0 Å². The summed E-state index contributed by atoms with van der Waals surface area (Å²) in [6, 6.07) is 19.7. The molecule has 3 aromatic carbocycles. The minimum absolute atomic E-state index is 0.166. The Bertz CT molecular complexity index is 1630. The van der Waals surface area contributed by atoms with Gasteiger partial charge in [0.1, 0.15) is 17.2 Å². The van der Waals surface area contributed by atoms with Crippen LogP contribution >= 0.6 is 0 Å². The number of nitrogens with zero attached hydrogens (tertiary/aromatic N) is 3. The second-order valence-electron chi connectivity index (χ2n) is 17.9. The zero-order chi connectivity index (χ0) is 41.6. The number of nitriles is 3. The van der Waals surface area contributed by atoms with Crippen LogP contribution in [0.1, 0.15) is 151 Å². The minimum atomic E-state index is -0.166. The van der Waals surface area contributed by atoms with Crippen LogP contribution in [0, 0.1) is 34.0 Å². The monoisotopic (exact) mass is 777 g/mol. The Morgan fingerprint density at radius 1 is 0.421 bits per heavy atom. The van der Waals surface area contributed by atoms with E-state index in [2.05, 4.69) is 117 Å². The fourth-order valence-corrected chi connectivity index (χ4v) is 6.55. The molecule has 0 saturated carbocycles. The number of hydrogen-bond donors (Lipinski definition) is 0. The smallest absolute Gasteiger partial charge is 0.130 e. The average Bonchev–Trinajstić information content (AvgIpc) is 3.13. The third-order valence-electron chi connectivity index (χ3n) is 9.91. The number of ether oxygens (including phenoxy) is 6. The lowest BCUT2D eigenvalue weighted by Crippen LogP contribution is -2.16. The molecule has 0 fully saturated rings. The lowest BCUT2D eigenvalue weighted by atomic mass is 9.84. The van der Waals surface area contributed by atoms with Crippen molar-refractivity contribution in [1.82, 2.24) is 0 Å². The van der Waals surface area contributed by atoms with Gasteiger partial charge in [-0.1, -0.05) is 62.3 Å². The van der Waals surface area contributed by atoms with E-state index in [1.54, 1.807) is 0 Å². The molecule has 0 saturated heterocycles. The summed E-state index contributed by atoms with van der Waals surface area (Å²) in [6.45, 7) is 22.6. The van der Waals surface area contributed by atoms with Crippen LogP contribution in [-0.4, -0.2) is 19.8 Å². The summed E-state index contributed by atoms with van der Waals surface area (Å²) < 4.78 is 39.3. The first-order valence-corrected chi connectivity index (χ1v) is 20.3. The SMILES string of the molecule is CC(C)(C)c1cc2c(OCCCC#N)c(c1)COCc1cc(C(C)(C)C)cc(c1OCCCC#N)COCc1cc(C(C)(C)C)cc(c1OCCCC#N)COC2. The van der Waals surface area contributed by atoms with Crippen molar-refractivity contribution in [3.63, 3.8) is 0 Å². The van der Waals surface area contributed by atoms with E-state index < -0.39 is 0 Å². The van der Waals surface area contributed by atoms with Crippen LogP contribution in [0.3, 0.4) is 0 Å². The predicted molar refractivity (Wildman–Crippen MR) is 222 cm³/mol. The molecule has 0 N–H and O–H groups in total. The maximum Gasteiger partial charge on any atom is 0.130 e. The van der Waals surface area contributed by atoms with Crippen LogP contribution in [-0.2, 0) is 70.1 Å². The van der Waals surface area contributed by atoms with E-state index in [0.717, 1.165) is 50.1 Å². The first kappa shape index (κ1) is 45.1. The zero-order valence-electron chi connectivity index (χ0n) is 35.9. The molecule has 0 radical (unpaired) electrons. The Kier molecular flexibility index (Phi) is 16.4. The van der Waals surface area contributed by atoms with E-state index in [1.165, 1.54) is 0 Å². The van der Waals surface area contributed by atoms with Gasteiger partial charge >= 0.3 is 0 Å². The van der Waals surface area contributed by atoms with Gasteiger partial charge in [0.25, 0.3) is 0 Å². The number of hydrogen-bond acceptors (Lipinski definition) is 9. The lowest BCUT2D eigenvalue weighted by molar-refractivity contribution is 0.0901. The molecule has 0 aromatic heterocycles. The van der Waals surface area contributed by atoms with Crippen LogP contribution in [0.4, 0.5) is 0 Å². The van der Waals surface area contributed by atoms with Crippen molar-refractivity contribution in [3.8, 4) is 35.5 Å². The van der Waals surface area contributed by atoms with Crippen molar-refractivity contribution in [2.24, 2.45) is 0 Å². The summed E-state index contributed by atoms with van der Waals surface area (Å²) in [4.78, 5) is 0. The van der Waals surface area contributed by atoms with Crippen LogP contribution in [0.5, 0.6) is 17.2 Å². The summed E-state index contributed by atoms with van der Waals surface area (Å²) in [6.07, 6.45) is 3.00. The van der Waals surface area contributed by atoms with Gasteiger partial charge < -0.3 is 28.4 Å². The Labute approximate surface area is 341 Å². The summed E-state index contributed by atoms with van der Waals surface area (Å²) in [5.41, 5.74) is 8.34. The molecule has 1 aliphatic rings. The Balaban J connectivity index is 1.94. The zero-order valence-corrected chi connectivity index (χ0v) is 35.9. The van der Waals surface area contributed by atoms with E-state index in [4.69, 9.17) is 28.4 Å². The molecule has 6 bridgehead atoms. The Hall–Kier alpha value is -4.59. The standard InChI is InChI=1S/C48H63N3O6/c1-46(2,3)40-22-34-28-52-30-36-24-41(47(4,5)6)26-38(44(36)56-20-14-11-17-50)32-54-33-39-27-42(48(7,8)9)25-37(45(39)57-21-15-12-18-51)31-53-29-35(23-40)43(34)55-19-13-10-16-49/h22-27H,10-15,19-21,28-33H2,1-9H3. The summed E-state index contributed by atoms with van der Waals surface area (Å²) in [5, 5.41) is 27.8. The van der Waals surface area contributed by atoms with Crippen molar-refractivity contribution >= 4 is 0 Å². The molecule has 0 spiro atoms. The highest BCUT2D eigenvalue weighted by molar-refractivity contribution is 5.49. The van der Waals surface area contributed by atoms with Gasteiger partial charge in [0.2, 0.25) is 0 Å². The van der Waals surface area contributed by atoms with Crippen molar-refractivity contribution in [2.75, 3.05) is 19.8 Å². The van der Waals surface area contributed by atoms with Crippen molar-refractivity contribution in [3.05, 3.63) is 86.5 Å². The van der Waals surface area contributed by atoms with Gasteiger partial charge in [0.15, 0.2) is 0 Å². The first-order chi connectivity index (χ1) is 27.1. The van der Waals surface area contributed by atoms with Gasteiger partial charge in [-0.2, -0.15) is 15.8 Å². The fourth-order valence-electron chi connectivity index (χ4n) is 6.55. The summed E-state index contributed by atoms with van der Waals surface area (Å²) in [7, 11) is 0. The molecule has 0 amide bonds. The molecule has 0 atom stereocenters. The highest BCUT2D eigenvalue weighted by atomic mass is 16.5. The van der Waals surface area contributed by atoms with E-state index in [0.29, 0.717) is 75.6 Å². The molecule has 1 heterocycles. The molecule has 9 heteroatoms. The first-order valence-electron chi connectivity index (χ1n) is 20.3. The van der Waals surface area contributed by atoms with E-state index >= 15 is 0 Å². The highest BCUT2D eigenvalue weighted by Crippen LogP contribution is 2.38. The quantitative estimate of drug-likeness (QED) is 0.165. The maximum atomic E-state index is 9.25. The molecule has 4 rings (SSSR count). The van der Waals surface area contributed by atoms with Crippen molar-refractivity contribution in [2.45, 2.75) is 157 Å². The van der Waals surface area contributed by atoms with E-state index in [1.807, 2.05) is 0 Å². The average molecular weight is 778 g/mol. The predicted octanol–water partition coefficient (Wildman–Crippen LogP) is 11.1. The molecular formula is C48H63N3O6. The number of unbranched alkanes of at least 4 members (excludes halogenated alkanes) is 3. The third-order valence-corrected chi connectivity index (χ3v) is 9.91. The molecule has 306 valence electrons. The van der Waals surface area contributed by atoms with Gasteiger partial charge in [0.05, 0.1) is 77.7 Å². The minimum Gasteiger partial charge on any atom is -0.493 e. The molecule has 0 unspecified atom stereocenters. The molecule has 57 heavy (non-hydrogen) atoms. The summed E-state index contributed by atoms with van der Waals surface area (Å²) in [5.74, 6) is 2.14. The molecule has 1 aliphatic heterocycles. The lowest BCUT2D eigenvalue weighted by Gasteiger charge is -2.26. The highest BCUT2D eigenvalue weighted by Gasteiger charge is 2.25. The van der Waals surface area contributed by atoms with Crippen molar-refractivity contribution < 1.29 is 28.4 Å². The topological polar surface area (TPSA) is 127 Å². The van der Waals surface area contributed by atoms with Gasteiger partial charge in [0, 0.05) is 52.6 Å². The molecule has 9 nitrogen and oxygen atoms in total. The largest absolute Gasteiger partial charge is 0.493 e. The van der Waals surface area contributed by atoms with E-state index in [-0.39, 0.29) is 55.9 Å². The second-order valence-corrected chi connectivity index (χ2v) is 17.9. The second kappa shape index (κ2) is 20.7. The number of benzene rings is 3.